The van der Waals surface area contributed by atoms with Crippen LogP contribution < -0.4 is 10.1 Å². The van der Waals surface area contributed by atoms with Crippen molar-refractivity contribution in [2.24, 2.45) is 0 Å². The molecule has 4 N–H and O–H groups in total. The maximum atomic E-state index is 9.69. The summed E-state index contributed by atoms with van der Waals surface area (Å²) in [6, 6.07) is 7.77. The fourth-order valence-electron chi connectivity index (χ4n) is 1.59. The van der Waals surface area contributed by atoms with Gasteiger partial charge in [0.25, 0.3) is 0 Å². The zero-order chi connectivity index (χ0) is 14.1. The van der Waals surface area contributed by atoms with E-state index in [1.54, 1.807) is 0 Å². The van der Waals surface area contributed by atoms with Crippen LogP contribution in [-0.4, -0.2) is 53.8 Å². The average molecular weight is 269 g/mol. The molecule has 19 heavy (non-hydrogen) atoms. The van der Waals surface area contributed by atoms with Crippen molar-refractivity contribution in [1.29, 1.82) is 0 Å². The molecule has 0 radical (unpaired) electrons. The Bertz CT molecular complexity index is 359. The van der Waals surface area contributed by atoms with Crippen LogP contribution in [0.5, 0.6) is 5.75 Å². The van der Waals surface area contributed by atoms with E-state index in [2.05, 4.69) is 12.2 Å². The number of hydrogen-bond acceptors (Lipinski definition) is 5. The summed E-state index contributed by atoms with van der Waals surface area (Å²) < 4.78 is 5.49. The Labute approximate surface area is 113 Å². The smallest absolute Gasteiger partial charge is 0.119 e. The molecule has 0 saturated carbocycles. The Balaban J connectivity index is 2.23. The van der Waals surface area contributed by atoms with Crippen molar-refractivity contribution in [1.82, 2.24) is 5.32 Å². The van der Waals surface area contributed by atoms with Crippen LogP contribution in [0.25, 0.3) is 0 Å². The van der Waals surface area contributed by atoms with E-state index in [9.17, 15) is 5.11 Å². The van der Waals surface area contributed by atoms with Crippen LogP contribution in [-0.2, 0) is 6.42 Å². The van der Waals surface area contributed by atoms with Crippen LogP contribution in [0, 0.1) is 0 Å². The minimum atomic E-state index is -0.797. The van der Waals surface area contributed by atoms with Gasteiger partial charge in [0, 0.05) is 13.1 Å². The fourth-order valence-corrected chi connectivity index (χ4v) is 1.59. The van der Waals surface area contributed by atoms with Crippen molar-refractivity contribution in [3.63, 3.8) is 0 Å². The van der Waals surface area contributed by atoms with Gasteiger partial charge in [0.1, 0.15) is 18.5 Å². The first-order valence-corrected chi connectivity index (χ1v) is 6.55. The number of ether oxygens (including phenoxy) is 1. The van der Waals surface area contributed by atoms with Crippen molar-refractivity contribution < 1.29 is 20.1 Å². The second-order valence-electron chi connectivity index (χ2n) is 4.46. The van der Waals surface area contributed by atoms with Gasteiger partial charge in [-0.1, -0.05) is 19.1 Å². The van der Waals surface area contributed by atoms with Crippen molar-refractivity contribution in [2.45, 2.75) is 25.6 Å². The molecule has 0 fully saturated rings. The third-order valence-electron chi connectivity index (χ3n) is 2.72. The van der Waals surface area contributed by atoms with E-state index in [-0.39, 0.29) is 19.8 Å². The highest BCUT2D eigenvalue weighted by atomic mass is 16.5. The predicted molar refractivity (Wildman–Crippen MR) is 73.3 cm³/mol. The number of nitrogens with one attached hydrogen (secondary N) is 1. The number of rotatable bonds is 9. The van der Waals surface area contributed by atoms with Crippen LogP contribution in [0.15, 0.2) is 24.3 Å². The molecule has 0 aliphatic rings. The van der Waals surface area contributed by atoms with Crippen LogP contribution in [0.3, 0.4) is 0 Å². The molecule has 1 aromatic rings. The van der Waals surface area contributed by atoms with Gasteiger partial charge in [0.2, 0.25) is 0 Å². The van der Waals surface area contributed by atoms with Gasteiger partial charge in [-0.3, -0.25) is 0 Å². The molecule has 5 heteroatoms. The number of aliphatic hydroxyl groups is 3. The average Bonchev–Trinajstić information content (AvgIpc) is 2.45. The Morgan fingerprint density at radius 1 is 1.21 bits per heavy atom. The summed E-state index contributed by atoms with van der Waals surface area (Å²) in [6.07, 6.45) is -0.508. The second kappa shape index (κ2) is 8.87. The van der Waals surface area contributed by atoms with E-state index in [0.717, 1.165) is 12.2 Å². The normalized spacial score (nSPS) is 14.1. The first-order valence-electron chi connectivity index (χ1n) is 6.55. The van der Waals surface area contributed by atoms with E-state index in [1.807, 2.05) is 24.3 Å². The maximum Gasteiger partial charge on any atom is 0.119 e. The minimum Gasteiger partial charge on any atom is -0.491 e. The largest absolute Gasteiger partial charge is 0.491 e. The van der Waals surface area contributed by atoms with Crippen molar-refractivity contribution in [2.75, 3.05) is 26.3 Å². The van der Waals surface area contributed by atoms with E-state index < -0.39 is 12.2 Å². The molecular weight excluding hydrogens is 246 g/mol. The fraction of sp³-hybridized carbons (Fsp3) is 0.571. The lowest BCUT2D eigenvalue weighted by Gasteiger charge is -2.15. The zero-order valence-corrected chi connectivity index (χ0v) is 11.2. The number of aliphatic hydroxyl groups excluding tert-OH is 3. The summed E-state index contributed by atoms with van der Waals surface area (Å²) in [5.41, 5.74) is 1.19. The summed E-state index contributed by atoms with van der Waals surface area (Å²) >= 11 is 0. The Morgan fingerprint density at radius 2 is 1.95 bits per heavy atom. The summed E-state index contributed by atoms with van der Waals surface area (Å²) in [5.74, 6) is 0.744. The lowest BCUT2D eigenvalue weighted by atomic mass is 10.2. The topological polar surface area (TPSA) is 82.0 Å². The molecule has 1 aromatic carbocycles. The molecule has 0 aliphatic heterocycles. The number of benzene rings is 1. The van der Waals surface area contributed by atoms with Crippen LogP contribution in [0.4, 0.5) is 0 Å². The minimum absolute atomic E-state index is 0.190. The van der Waals surface area contributed by atoms with Crippen molar-refractivity contribution in [3.8, 4) is 5.75 Å². The molecule has 0 aliphatic carbocycles. The van der Waals surface area contributed by atoms with Gasteiger partial charge in [-0.25, -0.2) is 0 Å². The van der Waals surface area contributed by atoms with Crippen LogP contribution in [0.1, 0.15) is 12.5 Å². The number of hydrogen-bond donors (Lipinski definition) is 4. The number of aryl methyl sites for hydroxylation is 1. The second-order valence-corrected chi connectivity index (χ2v) is 4.46. The molecule has 5 nitrogen and oxygen atoms in total. The first kappa shape index (κ1) is 15.9. The molecular formula is C14H23NO4. The maximum absolute atomic E-state index is 9.69. The monoisotopic (exact) mass is 269 g/mol. The summed E-state index contributed by atoms with van der Waals surface area (Å²) in [4.78, 5) is 0. The molecule has 0 saturated heterocycles. The summed E-state index contributed by atoms with van der Waals surface area (Å²) in [7, 11) is 0. The van der Waals surface area contributed by atoms with Gasteiger partial charge < -0.3 is 25.4 Å². The Morgan fingerprint density at radius 3 is 2.63 bits per heavy atom. The highest BCUT2D eigenvalue weighted by molar-refractivity contribution is 5.28. The first-order chi connectivity index (χ1) is 9.15. The quantitative estimate of drug-likeness (QED) is 0.504. The lowest BCUT2D eigenvalue weighted by Crippen LogP contribution is -2.37. The third kappa shape index (κ3) is 6.54. The van der Waals surface area contributed by atoms with E-state index in [0.29, 0.717) is 6.54 Å². The summed E-state index contributed by atoms with van der Waals surface area (Å²) in [5, 5.41) is 30.3. The molecule has 0 amide bonds. The van der Waals surface area contributed by atoms with Gasteiger partial charge in [-0.15, -0.1) is 0 Å². The molecule has 0 aromatic heterocycles. The van der Waals surface area contributed by atoms with Crippen LogP contribution in [0.2, 0.25) is 0 Å². The molecule has 2 unspecified atom stereocenters. The molecule has 1 rings (SSSR count). The SMILES string of the molecule is CCc1cccc(OCC(O)CNCC(O)CO)c1. The van der Waals surface area contributed by atoms with Crippen molar-refractivity contribution in [3.05, 3.63) is 29.8 Å². The van der Waals surface area contributed by atoms with Gasteiger partial charge in [-0.05, 0) is 24.1 Å². The van der Waals surface area contributed by atoms with E-state index in [1.165, 1.54) is 5.56 Å². The molecule has 0 bridgehead atoms. The molecule has 0 spiro atoms. The van der Waals surface area contributed by atoms with Gasteiger partial charge in [0.05, 0.1) is 12.7 Å². The van der Waals surface area contributed by atoms with Crippen LogP contribution >= 0.6 is 0 Å². The highest BCUT2D eigenvalue weighted by Crippen LogP contribution is 2.13. The van der Waals surface area contributed by atoms with Crippen molar-refractivity contribution >= 4 is 0 Å². The Hall–Kier alpha value is -1.14. The predicted octanol–water partition coefficient (Wildman–Crippen LogP) is -0.0685. The van der Waals surface area contributed by atoms with E-state index in [4.69, 9.17) is 14.9 Å². The zero-order valence-electron chi connectivity index (χ0n) is 11.2. The van der Waals surface area contributed by atoms with Gasteiger partial charge in [0.15, 0.2) is 0 Å². The molecule has 108 valence electrons. The van der Waals surface area contributed by atoms with Gasteiger partial charge in [-0.2, -0.15) is 0 Å². The third-order valence-corrected chi connectivity index (χ3v) is 2.72. The van der Waals surface area contributed by atoms with E-state index >= 15 is 0 Å². The molecule has 2 atom stereocenters. The lowest BCUT2D eigenvalue weighted by molar-refractivity contribution is 0.0795. The highest BCUT2D eigenvalue weighted by Gasteiger charge is 2.07. The molecule has 0 heterocycles. The Kier molecular flexibility index (Phi) is 7.43. The standard InChI is InChI=1S/C14H23NO4/c1-2-11-4-3-5-14(6-11)19-10-13(18)8-15-7-12(17)9-16/h3-6,12-13,15-18H,2,7-10H2,1H3. The van der Waals surface area contributed by atoms with Gasteiger partial charge >= 0.3 is 0 Å². The summed E-state index contributed by atoms with van der Waals surface area (Å²) in [6.45, 7) is 2.53.